The summed E-state index contributed by atoms with van der Waals surface area (Å²) in [6, 6.07) is 7.88. The smallest absolute Gasteiger partial charge is 0.321 e. The second kappa shape index (κ2) is 5.87. The fourth-order valence-corrected chi connectivity index (χ4v) is 2.24. The third-order valence-electron chi connectivity index (χ3n) is 2.77. The van der Waals surface area contributed by atoms with Gasteiger partial charge in [-0.1, -0.05) is 34.1 Å². The van der Waals surface area contributed by atoms with E-state index in [-0.39, 0.29) is 6.03 Å². The molecule has 1 saturated heterocycles. The molecule has 0 spiro atoms. The first-order chi connectivity index (χ1) is 8.27. The van der Waals surface area contributed by atoms with Crippen LogP contribution in [0.2, 0.25) is 0 Å². The molecule has 1 aromatic rings. The number of hydrogen-bond donors (Lipinski definition) is 1. The van der Waals surface area contributed by atoms with Crippen molar-refractivity contribution in [3.63, 3.8) is 0 Å². The summed E-state index contributed by atoms with van der Waals surface area (Å²) in [5, 5.41) is 2.79. The van der Waals surface area contributed by atoms with Crippen molar-refractivity contribution < 1.29 is 4.79 Å². The van der Waals surface area contributed by atoms with Crippen molar-refractivity contribution in [3.05, 3.63) is 40.5 Å². The summed E-state index contributed by atoms with van der Waals surface area (Å²) in [5.41, 5.74) is 1.05. The second-order valence-electron chi connectivity index (χ2n) is 4.00. The van der Waals surface area contributed by atoms with Crippen LogP contribution in [0.4, 0.5) is 4.79 Å². The zero-order valence-corrected chi connectivity index (χ0v) is 11.1. The van der Waals surface area contributed by atoms with Gasteiger partial charge in [-0.25, -0.2) is 4.79 Å². The lowest BCUT2D eigenvalue weighted by atomic mass is 10.2. The standard InChI is InChI=1S/C13H15BrN2O/c14-12-6-2-1-5-11(12)7-8-15-13(17)16-9-3-4-10-16/h1-2,5-8H,3-4,9-10H2,(H,15,17)/b8-7+. The van der Waals surface area contributed by atoms with E-state index < -0.39 is 0 Å². The van der Waals surface area contributed by atoms with Crippen LogP contribution in [-0.4, -0.2) is 24.0 Å². The Labute approximate surface area is 110 Å². The molecule has 1 aliphatic heterocycles. The normalized spacial score (nSPS) is 15.5. The molecule has 0 saturated carbocycles. The van der Waals surface area contributed by atoms with Gasteiger partial charge in [0.1, 0.15) is 0 Å². The first-order valence-electron chi connectivity index (χ1n) is 5.74. The first-order valence-corrected chi connectivity index (χ1v) is 6.53. The molecule has 0 aromatic heterocycles. The van der Waals surface area contributed by atoms with Gasteiger partial charge in [-0.15, -0.1) is 0 Å². The highest BCUT2D eigenvalue weighted by Crippen LogP contribution is 2.16. The molecule has 1 aliphatic rings. The van der Waals surface area contributed by atoms with Crippen molar-refractivity contribution >= 4 is 28.0 Å². The van der Waals surface area contributed by atoms with E-state index in [1.165, 1.54) is 0 Å². The summed E-state index contributed by atoms with van der Waals surface area (Å²) in [6.45, 7) is 1.74. The quantitative estimate of drug-likeness (QED) is 0.892. The van der Waals surface area contributed by atoms with Gasteiger partial charge in [-0.2, -0.15) is 0 Å². The highest BCUT2D eigenvalue weighted by atomic mass is 79.9. The number of likely N-dealkylation sites (tertiary alicyclic amines) is 1. The highest BCUT2D eigenvalue weighted by molar-refractivity contribution is 9.10. The van der Waals surface area contributed by atoms with Gasteiger partial charge in [0.15, 0.2) is 0 Å². The predicted octanol–water partition coefficient (Wildman–Crippen LogP) is 3.23. The molecule has 2 amide bonds. The summed E-state index contributed by atoms with van der Waals surface area (Å²) >= 11 is 3.46. The van der Waals surface area contributed by atoms with Crippen LogP contribution in [0.5, 0.6) is 0 Å². The van der Waals surface area contributed by atoms with Gasteiger partial charge < -0.3 is 10.2 Å². The fraction of sp³-hybridized carbons (Fsp3) is 0.308. The van der Waals surface area contributed by atoms with Gasteiger partial charge >= 0.3 is 6.03 Å². The van der Waals surface area contributed by atoms with Crippen molar-refractivity contribution in [2.24, 2.45) is 0 Å². The van der Waals surface area contributed by atoms with Gasteiger partial charge in [0, 0.05) is 23.8 Å². The monoisotopic (exact) mass is 294 g/mol. The summed E-state index contributed by atoms with van der Waals surface area (Å²) < 4.78 is 1.02. The van der Waals surface area contributed by atoms with Gasteiger partial charge in [-0.05, 0) is 30.5 Å². The van der Waals surface area contributed by atoms with E-state index in [4.69, 9.17) is 0 Å². The summed E-state index contributed by atoms with van der Waals surface area (Å²) in [6.07, 6.45) is 5.81. The van der Waals surface area contributed by atoms with E-state index in [9.17, 15) is 4.79 Å². The van der Waals surface area contributed by atoms with E-state index in [1.807, 2.05) is 35.2 Å². The molecule has 0 bridgehead atoms. The van der Waals surface area contributed by atoms with Crippen LogP contribution in [-0.2, 0) is 0 Å². The Morgan fingerprint density at radius 3 is 2.71 bits per heavy atom. The van der Waals surface area contributed by atoms with Gasteiger partial charge in [-0.3, -0.25) is 0 Å². The lowest BCUT2D eigenvalue weighted by molar-refractivity contribution is 0.212. The Bertz CT molecular complexity index is 425. The van der Waals surface area contributed by atoms with Crippen LogP contribution < -0.4 is 5.32 Å². The average Bonchev–Trinajstić information content (AvgIpc) is 2.85. The van der Waals surface area contributed by atoms with Gasteiger partial charge in [0.25, 0.3) is 0 Å². The van der Waals surface area contributed by atoms with Crippen LogP contribution in [0, 0.1) is 0 Å². The second-order valence-corrected chi connectivity index (χ2v) is 4.85. The number of urea groups is 1. The van der Waals surface area contributed by atoms with Crippen LogP contribution >= 0.6 is 15.9 Å². The number of halogens is 1. The zero-order chi connectivity index (χ0) is 12.1. The maximum atomic E-state index is 11.7. The predicted molar refractivity (Wildman–Crippen MR) is 72.5 cm³/mol. The molecule has 0 aliphatic carbocycles. The third-order valence-corrected chi connectivity index (χ3v) is 3.49. The molecule has 2 rings (SSSR count). The molecule has 17 heavy (non-hydrogen) atoms. The van der Waals surface area contributed by atoms with E-state index in [1.54, 1.807) is 6.20 Å². The SMILES string of the molecule is O=C(N/C=C/c1ccccc1Br)N1CCCC1. The minimum absolute atomic E-state index is 0.00852. The number of nitrogens with zero attached hydrogens (tertiary/aromatic N) is 1. The lowest BCUT2D eigenvalue weighted by Gasteiger charge is -2.13. The summed E-state index contributed by atoms with van der Waals surface area (Å²) in [4.78, 5) is 13.5. The van der Waals surface area contributed by atoms with Crippen LogP contribution in [0.1, 0.15) is 18.4 Å². The average molecular weight is 295 g/mol. The van der Waals surface area contributed by atoms with Crippen molar-refractivity contribution in [1.82, 2.24) is 10.2 Å². The number of carbonyl (C=O) groups is 1. The Morgan fingerprint density at radius 1 is 1.29 bits per heavy atom. The highest BCUT2D eigenvalue weighted by Gasteiger charge is 2.16. The number of benzene rings is 1. The minimum atomic E-state index is -0.00852. The van der Waals surface area contributed by atoms with Crippen molar-refractivity contribution in [3.8, 4) is 0 Å². The molecule has 0 unspecified atom stereocenters. The molecule has 3 nitrogen and oxygen atoms in total. The summed E-state index contributed by atoms with van der Waals surface area (Å²) in [5.74, 6) is 0. The Morgan fingerprint density at radius 2 is 2.00 bits per heavy atom. The number of hydrogen-bond acceptors (Lipinski definition) is 1. The van der Waals surface area contributed by atoms with Crippen LogP contribution in [0.15, 0.2) is 34.9 Å². The van der Waals surface area contributed by atoms with E-state index in [0.29, 0.717) is 0 Å². The molecular formula is C13H15BrN2O. The van der Waals surface area contributed by atoms with Crippen molar-refractivity contribution in [2.75, 3.05) is 13.1 Å². The lowest BCUT2D eigenvalue weighted by Crippen LogP contribution is -2.34. The molecule has 1 aromatic carbocycles. The zero-order valence-electron chi connectivity index (χ0n) is 9.53. The van der Waals surface area contributed by atoms with Gasteiger partial charge in [0.05, 0.1) is 0 Å². The topological polar surface area (TPSA) is 32.3 Å². The number of carbonyl (C=O) groups excluding carboxylic acids is 1. The van der Waals surface area contributed by atoms with E-state index >= 15 is 0 Å². The van der Waals surface area contributed by atoms with Crippen molar-refractivity contribution in [2.45, 2.75) is 12.8 Å². The summed E-state index contributed by atoms with van der Waals surface area (Å²) in [7, 11) is 0. The minimum Gasteiger partial charge on any atom is -0.325 e. The number of rotatable bonds is 2. The molecule has 1 fully saturated rings. The molecule has 1 N–H and O–H groups in total. The third kappa shape index (κ3) is 3.33. The van der Waals surface area contributed by atoms with Crippen molar-refractivity contribution in [1.29, 1.82) is 0 Å². The Kier molecular flexibility index (Phi) is 4.20. The maximum Gasteiger partial charge on any atom is 0.321 e. The van der Waals surface area contributed by atoms with Crippen LogP contribution in [0.25, 0.3) is 6.08 Å². The fourth-order valence-electron chi connectivity index (χ4n) is 1.82. The Hall–Kier alpha value is -1.29. The molecule has 90 valence electrons. The number of amides is 2. The molecule has 0 atom stereocenters. The largest absolute Gasteiger partial charge is 0.325 e. The molecule has 4 heteroatoms. The first kappa shape index (κ1) is 12.2. The Balaban J connectivity index is 1.89. The van der Waals surface area contributed by atoms with Crippen LogP contribution in [0.3, 0.4) is 0 Å². The number of nitrogens with one attached hydrogen (secondary N) is 1. The van der Waals surface area contributed by atoms with E-state index in [0.717, 1.165) is 36.0 Å². The molecule has 1 heterocycles. The molecular weight excluding hydrogens is 280 g/mol. The maximum absolute atomic E-state index is 11.7. The molecule has 0 radical (unpaired) electrons. The van der Waals surface area contributed by atoms with Gasteiger partial charge in [0.2, 0.25) is 0 Å². The van der Waals surface area contributed by atoms with E-state index in [2.05, 4.69) is 21.2 Å².